The second-order valence-electron chi connectivity index (χ2n) is 7.15. The Labute approximate surface area is 216 Å². The molecule has 0 radical (unpaired) electrons. The number of aliphatic imine (C=N–C) groups is 4. The normalized spacial score (nSPS) is 12.7. The van der Waals surface area contributed by atoms with Crippen LogP contribution in [0.4, 0.5) is 16.1 Å². The molecule has 0 saturated carbocycles. The third-order valence-electron chi connectivity index (χ3n) is 4.32. The van der Waals surface area contributed by atoms with Gasteiger partial charge in [-0.2, -0.15) is 9.98 Å². The molecule has 0 spiro atoms. The lowest BCUT2D eigenvalue weighted by Crippen LogP contribution is -2.26. The molecule has 0 bridgehead atoms. The van der Waals surface area contributed by atoms with Crippen molar-refractivity contribution in [3.8, 4) is 0 Å². The summed E-state index contributed by atoms with van der Waals surface area (Å²) in [5, 5.41) is 7.11. The molecule has 35 heavy (non-hydrogen) atoms. The average molecular weight is 527 g/mol. The van der Waals surface area contributed by atoms with Crippen LogP contribution in [0.1, 0.15) is 28.5 Å². The minimum absolute atomic E-state index is 0. The number of halogens is 3. The van der Waals surface area contributed by atoms with Gasteiger partial charge in [-0.25, -0.2) is 0 Å². The van der Waals surface area contributed by atoms with Crippen LogP contribution in [-0.2, 0) is 0 Å². The summed E-state index contributed by atoms with van der Waals surface area (Å²) in [5.74, 6) is 0.564. The molecular weight excluding hydrogens is 494 g/mol. The van der Waals surface area contributed by atoms with Crippen LogP contribution >= 0.6 is 23.2 Å². The number of guanidine groups is 4. The molecule has 2 aromatic carbocycles. The molecule has 10 nitrogen and oxygen atoms in total. The molecule has 2 rings (SSSR count). The molecule has 13 heteroatoms. The van der Waals surface area contributed by atoms with E-state index in [4.69, 9.17) is 46.1 Å². The van der Waals surface area contributed by atoms with Crippen LogP contribution in [-0.4, -0.2) is 36.9 Å². The van der Waals surface area contributed by atoms with E-state index in [0.29, 0.717) is 23.1 Å². The van der Waals surface area contributed by atoms with Crippen molar-refractivity contribution >= 4 is 58.4 Å². The number of rotatable bonds is 9. The van der Waals surface area contributed by atoms with E-state index in [9.17, 15) is 0 Å². The fourth-order valence-corrected chi connectivity index (χ4v) is 2.95. The highest BCUT2D eigenvalue weighted by Gasteiger charge is 1.99. The highest BCUT2D eigenvalue weighted by molar-refractivity contribution is 6.31. The van der Waals surface area contributed by atoms with Crippen molar-refractivity contribution in [2.24, 2.45) is 42.9 Å². The fraction of sp³-hybridized carbons (Fsp3) is 0.273. The highest BCUT2D eigenvalue weighted by atomic mass is 35.5. The number of anilines is 2. The zero-order chi connectivity index (χ0) is 24.8. The van der Waals surface area contributed by atoms with Gasteiger partial charge >= 0.3 is 2.85 Å². The summed E-state index contributed by atoms with van der Waals surface area (Å²) in [7, 11) is 0. The second-order valence-corrected chi connectivity index (χ2v) is 8.02. The molecule has 10 N–H and O–H groups in total. The van der Waals surface area contributed by atoms with Crippen molar-refractivity contribution in [1.82, 2.24) is 0 Å². The molecule has 0 amide bonds. The Morgan fingerprint density at radius 3 is 1.31 bits per heavy atom. The third-order valence-corrected chi connectivity index (χ3v) is 4.82. The van der Waals surface area contributed by atoms with E-state index in [-0.39, 0.29) is 31.4 Å². The summed E-state index contributed by atoms with van der Waals surface area (Å²) >= 11 is 11.7. The lowest BCUT2D eigenvalue weighted by Gasteiger charge is -2.05. The van der Waals surface area contributed by atoms with Crippen molar-refractivity contribution in [3.05, 3.63) is 58.6 Å². The van der Waals surface area contributed by atoms with Gasteiger partial charge in [0.1, 0.15) is 0 Å². The monoisotopic (exact) mass is 526 g/mol. The van der Waals surface area contributed by atoms with E-state index >= 15 is 0 Å². The van der Waals surface area contributed by atoms with Gasteiger partial charge in [0.05, 0.1) is 0 Å². The van der Waals surface area contributed by atoms with Crippen LogP contribution in [0, 0.1) is 0 Å². The van der Waals surface area contributed by atoms with Gasteiger partial charge in [-0.1, -0.05) is 36.0 Å². The summed E-state index contributed by atoms with van der Waals surface area (Å²) in [6.45, 7) is 1.12. The number of hydrogen-bond acceptors (Lipinski definition) is 2. The fourth-order valence-electron chi connectivity index (χ4n) is 2.70. The molecule has 0 unspecified atom stereocenters. The largest absolute Gasteiger partial charge is 1.00 e. The first-order valence-electron chi connectivity index (χ1n) is 10.6. The molecule has 0 saturated heterocycles. The second kappa shape index (κ2) is 16.1. The maximum atomic E-state index is 5.85. The average Bonchev–Trinajstić information content (AvgIpc) is 2.78. The van der Waals surface area contributed by atoms with Gasteiger partial charge < -0.3 is 33.6 Å². The number of benzene rings is 2. The van der Waals surface area contributed by atoms with Crippen LogP contribution < -0.4 is 33.6 Å². The van der Waals surface area contributed by atoms with E-state index < -0.39 is 0 Å². The molecule has 190 valence electrons. The van der Waals surface area contributed by atoms with E-state index in [1.807, 2.05) is 0 Å². The predicted molar refractivity (Wildman–Crippen MR) is 150 cm³/mol. The first-order chi connectivity index (χ1) is 16.3. The molecule has 0 aliphatic rings. The molecular formula is C22H33Cl2FN10+2. The zero-order valence-electron chi connectivity index (χ0n) is 21.1. The smallest absolute Gasteiger partial charge is 0.369 e. The van der Waals surface area contributed by atoms with Crippen molar-refractivity contribution in [1.29, 1.82) is 0 Å². The minimum Gasteiger partial charge on any atom is -0.369 e. The topological polar surface area (TPSA) is 178 Å². The van der Waals surface area contributed by atoms with Gasteiger partial charge in [0.25, 0.3) is 0 Å². The van der Waals surface area contributed by atoms with E-state index in [2.05, 4.69) is 30.6 Å². The maximum Gasteiger partial charge on any atom is 1.00 e. The van der Waals surface area contributed by atoms with Gasteiger partial charge in [0.2, 0.25) is 23.8 Å². The molecule has 0 aliphatic carbocycles. The number of nitrogens with two attached hydrogens (primary N) is 4. The lowest BCUT2D eigenvalue weighted by molar-refractivity contribution is 0.653. The molecule has 0 aromatic heterocycles. The minimum atomic E-state index is 0. The van der Waals surface area contributed by atoms with Crippen molar-refractivity contribution in [2.75, 3.05) is 23.7 Å². The summed E-state index contributed by atoms with van der Waals surface area (Å²) in [4.78, 5) is 16.5. The number of unbranched alkanes of at least 4 members (excludes halogenated alkanes) is 3. The predicted octanol–water partition coefficient (Wildman–Crippen LogP) is 3.71. The van der Waals surface area contributed by atoms with Crippen LogP contribution in [0.3, 0.4) is 0 Å². The van der Waals surface area contributed by atoms with Crippen LogP contribution in [0.25, 0.3) is 0 Å². The quantitative estimate of drug-likeness (QED) is 0.164. The van der Waals surface area contributed by atoms with E-state index in [1.165, 1.54) is 0 Å². The van der Waals surface area contributed by atoms with Gasteiger partial charge in [-0.3, -0.25) is 14.7 Å². The first kappa shape index (κ1) is 29.5. The molecule has 0 atom stereocenters. The van der Waals surface area contributed by atoms with Crippen LogP contribution in [0.15, 0.2) is 68.5 Å². The molecule has 0 heterocycles. The summed E-state index contributed by atoms with van der Waals surface area (Å²) in [5.41, 5.74) is 24.8. The van der Waals surface area contributed by atoms with Gasteiger partial charge in [-0.05, 0) is 61.4 Å². The van der Waals surface area contributed by atoms with Gasteiger partial charge in [0.15, 0.2) is 0 Å². The lowest BCUT2D eigenvalue weighted by atomic mass is 10.2. The standard InChI is InChI=1S/C22H30Cl2N10.FH/c23-15-5-9-17(10-6-15)31-21(27)33-19(25)29-13-3-1-2-4-14-30-20(26)34-22(28)32-18-11-7-16(24)8-12-18;/h5-12H,1-4,13-14H2,(H5,25,27,29,31,33)(H5,26,28,30,32,34);1H/p+2. The Morgan fingerprint density at radius 2 is 0.971 bits per heavy atom. The van der Waals surface area contributed by atoms with Crippen LogP contribution in [0.2, 0.25) is 10.0 Å². The highest BCUT2D eigenvalue weighted by Crippen LogP contribution is 2.13. The number of nitrogens with one attached hydrogen (secondary N) is 2. The number of nitrogens with zero attached hydrogens (tertiary/aromatic N) is 4. The van der Waals surface area contributed by atoms with Crippen molar-refractivity contribution < 1.29 is 7.56 Å². The molecule has 0 fully saturated rings. The van der Waals surface area contributed by atoms with Crippen molar-refractivity contribution in [3.63, 3.8) is 0 Å². The van der Waals surface area contributed by atoms with Crippen molar-refractivity contribution in [2.45, 2.75) is 25.7 Å². The number of hydrogen-bond donors (Lipinski definition) is 6. The Balaban J connectivity index is 0. The summed E-state index contributed by atoms with van der Waals surface area (Å²) in [6, 6.07) is 14.1. The third kappa shape index (κ3) is 13.0. The SMILES string of the molecule is F.NC(=NCCCCCCN=C(N)N=C(N)Nc1ccc(Cl)cc1)N=C(N)Nc1ccc(Cl)cc1.[H+].[H+]. The Hall–Kier alpha value is -3.57. The van der Waals surface area contributed by atoms with Gasteiger partial charge in [-0.15, -0.1) is 0 Å². The first-order valence-corrected chi connectivity index (χ1v) is 11.4. The van der Waals surface area contributed by atoms with E-state index in [0.717, 1.165) is 37.1 Å². The summed E-state index contributed by atoms with van der Waals surface area (Å²) in [6.07, 6.45) is 3.68. The maximum absolute atomic E-state index is 5.85. The Bertz CT molecular complexity index is 949. The Morgan fingerprint density at radius 1 is 0.629 bits per heavy atom. The van der Waals surface area contributed by atoms with Crippen LogP contribution in [0.5, 0.6) is 0 Å². The summed E-state index contributed by atoms with van der Waals surface area (Å²) < 4.78 is 0. The van der Waals surface area contributed by atoms with Gasteiger partial charge in [0, 0.05) is 34.5 Å². The molecule has 2 aromatic rings. The zero-order valence-corrected chi connectivity index (χ0v) is 20.6. The van der Waals surface area contributed by atoms with E-state index in [1.54, 1.807) is 48.5 Å². The Kier molecular flexibility index (Phi) is 13.6. The molecule has 0 aliphatic heterocycles.